The van der Waals surface area contributed by atoms with Gasteiger partial charge in [-0.05, 0) is 102 Å². The Morgan fingerprint density at radius 2 is 1.11 bits per heavy atom. The summed E-state index contributed by atoms with van der Waals surface area (Å²) in [4.78, 5) is 0. The van der Waals surface area contributed by atoms with Crippen LogP contribution in [0.5, 0.6) is 0 Å². The highest BCUT2D eigenvalue weighted by Gasteiger charge is 2.41. The summed E-state index contributed by atoms with van der Waals surface area (Å²) in [5.74, 6) is 0. The molecule has 148 valence electrons. The Hall–Kier alpha value is -1.86. The molecule has 0 aromatic heterocycles. The predicted molar refractivity (Wildman–Crippen MR) is 128 cm³/mol. The maximum absolute atomic E-state index is 2.47. The highest BCUT2D eigenvalue weighted by Crippen LogP contribution is 2.54. The average molecular weight is 389 g/mol. The van der Waals surface area contributed by atoms with E-state index in [0.717, 1.165) is 6.42 Å². The minimum atomic E-state index is -0.543. The largest absolute Gasteiger partial charge is 0.0713 e. The number of benzene rings is 2. The van der Waals surface area contributed by atoms with Crippen molar-refractivity contribution in [2.45, 2.75) is 73.8 Å². The van der Waals surface area contributed by atoms with E-state index in [4.69, 9.17) is 0 Å². The molecule has 0 saturated carbocycles. The van der Waals surface area contributed by atoms with E-state index in [1.807, 2.05) is 0 Å². The van der Waals surface area contributed by atoms with Crippen LogP contribution < -0.4 is 5.19 Å². The minimum Gasteiger partial charge on any atom is -0.0650 e. The summed E-state index contributed by atoms with van der Waals surface area (Å²) >= 11 is 0. The fourth-order valence-corrected chi connectivity index (χ4v) is 8.24. The van der Waals surface area contributed by atoms with Gasteiger partial charge in [0.05, 0.1) is 9.52 Å². The van der Waals surface area contributed by atoms with E-state index in [-0.39, 0.29) is 5.04 Å². The van der Waals surface area contributed by atoms with Crippen LogP contribution in [0.15, 0.2) is 52.6 Å². The second-order valence-corrected chi connectivity index (χ2v) is 11.7. The van der Waals surface area contributed by atoms with Crippen molar-refractivity contribution in [3.63, 3.8) is 0 Å². The number of rotatable bonds is 4. The Morgan fingerprint density at radius 1 is 0.643 bits per heavy atom. The van der Waals surface area contributed by atoms with Crippen LogP contribution in [0.2, 0.25) is 5.04 Å². The van der Waals surface area contributed by atoms with Crippen molar-refractivity contribution in [2.75, 3.05) is 0 Å². The van der Waals surface area contributed by atoms with Crippen LogP contribution in [-0.4, -0.2) is 9.52 Å². The molecule has 0 fully saturated rings. The van der Waals surface area contributed by atoms with E-state index in [2.05, 4.69) is 92.6 Å². The molecule has 1 heteroatoms. The summed E-state index contributed by atoms with van der Waals surface area (Å²) in [5.41, 5.74) is 14.9. The van der Waals surface area contributed by atoms with Gasteiger partial charge in [-0.15, -0.1) is 0 Å². The first-order chi connectivity index (χ1) is 13.0. The molecule has 2 aromatic carbocycles. The second-order valence-electron chi connectivity index (χ2n) is 9.29. The molecule has 2 aromatic rings. The van der Waals surface area contributed by atoms with Crippen LogP contribution in [0, 0.1) is 34.6 Å². The van der Waals surface area contributed by atoms with Crippen LogP contribution in [0.4, 0.5) is 0 Å². The fourth-order valence-electron chi connectivity index (χ4n) is 5.25. The molecule has 0 bridgehead atoms. The number of hydrogen-bond acceptors (Lipinski definition) is 0. The fraction of sp³-hybridized carbons (Fsp3) is 0.407. The van der Waals surface area contributed by atoms with Crippen LogP contribution >= 0.6 is 0 Å². The summed E-state index contributed by atoms with van der Waals surface area (Å²) in [7, 11) is -0.543. The predicted octanol–water partition coefficient (Wildman–Crippen LogP) is 6.11. The third kappa shape index (κ3) is 3.57. The zero-order chi connectivity index (χ0) is 20.8. The molecule has 0 aliphatic heterocycles. The van der Waals surface area contributed by atoms with E-state index in [0.29, 0.717) is 0 Å². The second kappa shape index (κ2) is 7.52. The van der Waals surface area contributed by atoms with Crippen molar-refractivity contribution in [1.82, 2.24) is 0 Å². The van der Waals surface area contributed by atoms with Crippen LogP contribution in [-0.2, 0) is 6.42 Å². The maximum Gasteiger partial charge on any atom is 0.0713 e. The number of hydrogen-bond donors (Lipinski definition) is 0. The van der Waals surface area contributed by atoms with Crippen LogP contribution in [0.3, 0.4) is 0 Å². The molecule has 0 heterocycles. The molecule has 0 amide bonds. The van der Waals surface area contributed by atoms with Gasteiger partial charge < -0.3 is 0 Å². The first-order valence-electron chi connectivity index (χ1n) is 10.6. The highest BCUT2D eigenvalue weighted by atomic mass is 28.2. The first-order valence-corrected chi connectivity index (χ1v) is 12.0. The number of aryl methyl sites for hydroxylation is 4. The van der Waals surface area contributed by atoms with Crippen molar-refractivity contribution >= 4 is 14.7 Å². The molecule has 1 aliphatic rings. The quantitative estimate of drug-likeness (QED) is 0.554. The van der Waals surface area contributed by atoms with Gasteiger partial charge in [-0.3, -0.25) is 0 Å². The first kappa shape index (κ1) is 20.9. The number of allylic oxidation sites excluding steroid dienone is 4. The summed E-state index contributed by atoms with van der Waals surface area (Å²) < 4.78 is 0. The van der Waals surface area contributed by atoms with E-state index in [1.165, 1.54) is 44.5 Å². The van der Waals surface area contributed by atoms with Gasteiger partial charge >= 0.3 is 0 Å². The monoisotopic (exact) mass is 388 g/mol. The van der Waals surface area contributed by atoms with Gasteiger partial charge in [-0.2, -0.15) is 0 Å². The molecule has 0 spiro atoms. The van der Waals surface area contributed by atoms with Gasteiger partial charge in [-0.1, -0.05) is 57.8 Å². The molecule has 0 radical (unpaired) electrons. The van der Waals surface area contributed by atoms with Gasteiger partial charge in [0.2, 0.25) is 0 Å². The van der Waals surface area contributed by atoms with Crippen molar-refractivity contribution in [3.8, 4) is 0 Å². The highest BCUT2D eigenvalue weighted by molar-refractivity contribution is 6.59. The molecule has 0 N–H and O–H groups in total. The van der Waals surface area contributed by atoms with Gasteiger partial charge in [0.1, 0.15) is 0 Å². The van der Waals surface area contributed by atoms with Gasteiger partial charge in [-0.25, -0.2) is 0 Å². The Kier molecular flexibility index (Phi) is 5.60. The molecular weight excluding hydrogens is 352 g/mol. The third-order valence-electron chi connectivity index (χ3n) is 7.40. The van der Waals surface area contributed by atoms with Gasteiger partial charge in [0, 0.05) is 5.04 Å². The minimum absolute atomic E-state index is 0.225. The molecule has 3 rings (SSSR count). The molecule has 0 unspecified atom stereocenters. The van der Waals surface area contributed by atoms with Crippen LogP contribution in [0.25, 0.3) is 0 Å². The molecule has 1 aliphatic carbocycles. The zero-order valence-corrected chi connectivity index (χ0v) is 20.7. The van der Waals surface area contributed by atoms with Crippen molar-refractivity contribution in [2.24, 2.45) is 0 Å². The molecule has 0 nitrogen and oxygen atoms in total. The Bertz CT molecular complexity index is 934. The lowest BCUT2D eigenvalue weighted by molar-refractivity contribution is 0.735. The van der Waals surface area contributed by atoms with E-state index in [1.54, 1.807) is 16.3 Å². The van der Waals surface area contributed by atoms with Crippen molar-refractivity contribution in [1.29, 1.82) is 0 Å². The van der Waals surface area contributed by atoms with E-state index >= 15 is 0 Å². The lowest BCUT2D eigenvalue weighted by Gasteiger charge is -2.35. The Labute approximate surface area is 174 Å². The molecule has 0 atom stereocenters. The lowest BCUT2D eigenvalue weighted by Crippen LogP contribution is -2.33. The smallest absolute Gasteiger partial charge is 0.0650 e. The topological polar surface area (TPSA) is 0 Å². The summed E-state index contributed by atoms with van der Waals surface area (Å²) in [6, 6.07) is 12.0. The molecular formula is C27H36Si. The van der Waals surface area contributed by atoms with Crippen LogP contribution in [0.1, 0.15) is 61.1 Å². The van der Waals surface area contributed by atoms with Crippen molar-refractivity contribution < 1.29 is 0 Å². The normalized spacial score (nSPS) is 16.8. The summed E-state index contributed by atoms with van der Waals surface area (Å²) in [6.45, 7) is 20.7. The molecule has 0 saturated heterocycles. The van der Waals surface area contributed by atoms with E-state index < -0.39 is 9.52 Å². The molecule has 28 heavy (non-hydrogen) atoms. The maximum atomic E-state index is 2.47. The van der Waals surface area contributed by atoms with Gasteiger partial charge in [0.15, 0.2) is 0 Å². The van der Waals surface area contributed by atoms with Gasteiger partial charge in [0.25, 0.3) is 0 Å². The zero-order valence-electron chi connectivity index (χ0n) is 19.3. The average Bonchev–Trinajstić information content (AvgIpc) is 2.75. The van der Waals surface area contributed by atoms with Crippen molar-refractivity contribution in [3.05, 3.63) is 86.0 Å². The summed E-state index contributed by atoms with van der Waals surface area (Å²) in [5, 5.41) is 1.83. The third-order valence-corrected chi connectivity index (χ3v) is 10.1. The lowest BCUT2D eigenvalue weighted by atomic mass is 9.87. The summed E-state index contributed by atoms with van der Waals surface area (Å²) in [6.07, 6.45) is 1.14. The van der Waals surface area contributed by atoms with E-state index in [9.17, 15) is 0 Å². The Balaban J connectivity index is 2.14. The standard InChI is InChI=1S/C27H36Si/c1-16-10-17(2)12-25(11-16)15-27(23(8)21(6)22(7)24(27)9)28-26-13-18(3)20(5)19(4)14-26/h10-14H,15,28H2,1-9H3. The Morgan fingerprint density at radius 3 is 1.57 bits per heavy atom. The SMILES string of the molecule is CC1=C(C)C(Cc2cc(C)cc(C)c2)([SiH2]c2cc(C)c(C)c(C)c2)C(C)=C1C.